The summed E-state index contributed by atoms with van der Waals surface area (Å²) in [5.74, 6) is -0.504. The molecule has 1 N–H and O–H groups in total. The molecular formula is C17H19NO4. The summed E-state index contributed by atoms with van der Waals surface area (Å²) in [6.07, 6.45) is 3.13. The zero-order valence-corrected chi connectivity index (χ0v) is 12.6. The minimum atomic E-state index is -0.391. The Bertz CT molecular complexity index is 638. The van der Waals surface area contributed by atoms with E-state index < -0.39 is 5.92 Å². The number of imide groups is 1. The van der Waals surface area contributed by atoms with Gasteiger partial charge in [0.25, 0.3) is 0 Å². The first-order valence-electron chi connectivity index (χ1n) is 7.65. The summed E-state index contributed by atoms with van der Waals surface area (Å²) in [5, 5.41) is 2.36. The topological polar surface area (TPSA) is 72.5 Å². The number of benzene rings is 1. The first kappa shape index (κ1) is 14.8. The number of piperidine rings is 1. The van der Waals surface area contributed by atoms with Crippen LogP contribution in [0.1, 0.15) is 41.6 Å². The first-order chi connectivity index (χ1) is 10.6. The molecule has 0 aromatic heterocycles. The molecule has 1 fully saturated rings. The van der Waals surface area contributed by atoms with Gasteiger partial charge in [-0.1, -0.05) is 0 Å². The number of nitrogens with one attached hydrogen (secondary N) is 1. The summed E-state index contributed by atoms with van der Waals surface area (Å²) in [5.41, 5.74) is 1.67. The number of ketones is 1. The van der Waals surface area contributed by atoms with Crippen LogP contribution in [0.4, 0.5) is 0 Å². The van der Waals surface area contributed by atoms with Gasteiger partial charge in [-0.05, 0) is 49.4 Å². The van der Waals surface area contributed by atoms with Crippen molar-refractivity contribution in [2.24, 2.45) is 11.8 Å². The molecule has 2 aliphatic rings. The van der Waals surface area contributed by atoms with Crippen LogP contribution in [0, 0.1) is 11.8 Å². The molecule has 116 valence electrons. The number of Topliss-reactive ketones (excluding diaryl/α,β-unsaturated/α-hetero) is 1. The Hall–Kier alpha value is -2.17. The van der Waals surface area contributed by atoms with Crippen LogP contribution in [0.15, 0.2) is 18.2 Å². The van der Waals surface area contributed by atoms with Crippen LogP contribution in [-0.4, -0.2) is 24.7 Å². The molecule has 1 heterocycles. The minimum Gasteiger partial charge on any atom is -0.497 e. The molecule has 2 amide bonds. The molecule has 1 aliphatic heterocycles. The fraction of sp³-hybridized carbons (Fsp3) is 0.471. The lowest BCUT2D eigenvalue weighted by atomic mass is 9.79. The number of hydrogen-bond donors (Lipinski definition) is 1. The van der Waals surface area contributed by atoms with E-state index in [1.54, 1.807) is 19.2 Å². The average Bonchev–Trinajstić information content (AvgIpc) is 2.66. The zero-order valence-electron chi connectivity index (χ0n) is 12.6. The summed E-state index contributed by atoms with van der Waals surface area (Å²) >= 11 is 0. The SMILES string of the molecule is COc1ccc2c(c1)CCCC(C1CCC(=O)NC1=O)C2=O. The second-order valence-corrected chi connectivity index (χ2v) is 5.94. The van der Waals surface area contributed by atoms with Crippen molar-refractivity contribution in [1.82, 2.24) is 5.32 Å². The smallest absolute Gasteiger partial charge is 0.230 e. The molecule has 22 heavy (non-hydrogen) atoms. The third-order valence-electron chi connectivity index (χ3n) is 4.64. The lowest BCUT2D eigenvalue weighted by molar-refractivity contribution is -0.137. The number of hydrogen-bond acceptors (Lipinski definition) is 4. The van der Waals surface area contributed by atoms with Crippen LogP contribution in [-0.2, 0) is 16.0 Å². The van der Waals surface area contributed by atoms with Crippen LogP contribution in [0.3, 0.4) is 0 Å². The van der Waals surface area contributed by atoms with Crippen molar-refractivity contribution in [3.05, 3.63) is 29.3 Å². The van der Waals surface area contributed by atoms with Gasteiger partial charge in [-0.15, -0.1) is 0 Å². The third-order valence-corrected chi connectivity index (χ3v) is 4.64. The Balaban J connectivity index is 1.89. The van der Waals surface area contributed by atoms with Crippen molar-refractivity contribution < 1.29 is 19.1 Å². The van der Waals surface area contributed by atoms with E-state index in [9.17, 15) is 14.4 Å². The Labute approximate surface area is 129 Å². The number of carbonyl (C=O) groups excluding carboxylic acids is 3. The summed E-state index contributed by atoms with van der Waals surface area (Å²) in [6, 6.07) is 5.48. The van der Waals surface area contributed by atoms with Gasteiger partial charge in [-0.2, -0.15) is 0 Å². The van der Waals surface area contributed by atoms with E-state index in [1.165, 1.54) is 0 Å². The second kappa shape index (κ2) is 5.91. The summed E-state index contributed by atoms with van der Waals surface area (Å²) in [7, 11) is 1.60. The lowest BCUT2D eigenvalue weighted by Crippen LogP contribution is -2.45. The van der Waals surface area contributed by atoms with Gasteiger partial charge in [-0.3, -0.25) is 19.7 Å². The Morgan fingerprint density at radius 1 is 1.09 bits per heavy atom. The summed E-state index contributed by atoms with van der Waals surface area (Å²) < 4.78 is 5.22. The quantitative estimate of drug-likeness (QED) is 0.669. The van der Waals surface area contributed by atoms with Crippen molar-refractivity contribution in [3.8, 4) is 5.75 Å². The first-order valence-corrected chi connectivity index (χ1v) is 7.65. The van der Waals surface area contributed by atoms with E-state index in [0.29, 0.717) is 24.8 Å². The predicted octanol–water partition coefficient (Wildman–Crippen LogP) is 1.88. The van der Waals surface area contributed by atoms with Crippen LogP contribution >= 0.6 is 0 Å². The number of carbonyl (C=O) groups is 3. The summed E-state index contributed by atoms with van der Waals surface area (Å²) in [4.78, 5) is 36.2. The number of fused-ring (bicyclic) bond motifs is 1. The van der Waals surface area contributed by atoms with Crippen molar-refractivity contribution in [1.29, 1.82) is 0 Å². The molecule has 0 radical (unpaired) electrons. The van der Waals surface area contributed by atoms with E-state index >= 15 is 0 Å². The molecule has 2 atom stereocenters. The Morgan fingerprint density at radius 3 is 2.64 bits per heavy atom. The molecule has 3 rings (SSSR count). The minimum absolute atomic E-state index is 0.0182. The Morgan fingerprint density at radius 2 is 1.91 bits per heavy atom. The molecule has 0 bridgehead atoms. The fourth-order valence-corrected chi connectivity index (χ4v) is 3.47. The average molecular weight is 301 g/mol. The van der Waals surface area contributed by atoms with Gasteiger partial charge < -0.3 is 4.74 Å². The summed E-state index contributed by atoms with van der Waals surface area (Å²) in [6.45, 7) is 0. The number of aryl methyl sites for hydroxylation is 1. The zero-order chi connectivity index (χ0) is 15.7. The van der Waals surface area contributed by atoms with Gasteiger partial charge >= 0.3 is 0 Å². The van der Waals surface area contributed by atoms with Gasteiger partial charge in [0.1, 0.15) is 5.75 Å². The highest BCUT2D eigenvalue weighted by Gasteiger charge is 2.38. The number of ether oxygens (including phenoxy) is 1. The maximum Gasteiger partial charge on any atom is 0.230 e. The molecule has 0 spiro atoms. The number of methoxy groups -OCH3 is 1. The van der Waals surface area contributed by atoms with Crippen LogP contribution < -0.4 is 10.1 Å². The van der Waals surface area contributed by atoms with Crippen molar-refractivity contribution in [2.45, 2.75) is 32.1 Å². The molecule has 1 aromatic carbocycles. The lowest BCUT2D eigenvalue weighted by Gasteiger charge is -2.27. The predicted molar refractivity (Wildman–Crippen MR) is 79.6 cm³/mol. The molecule has 5 nitrogen and oxygen atoms in total. The highest BCUT2D eigenvalue weighted by Crippen LogP contribution is 2.34. The highest BCUT2D eigenvalue weighted by molar-refractivity contribution is 6.05. The van der Waals surface area contributed by atoms with E-state index in [2.05, 4.69) is 5.32 Å². The maximum atomic E-state index is 12.9. The molecule has 1 saturated heterocycles. The second-order valence-electron chi connectivity index (χ2n) is 5.94. The van der Waals surface area contributed by atoms with E-state index in [4.69, 9.17) is 4.74 Å². The van der Waals surface area contributed by atoms with Gasteiger partial charge in [0, 0.05) is 23.8 Å². The van der Waals surface area contributed by atoms with Gasteiger partial charge in [-0.25, -0.2) is 0 Å². The van der Waals surface area contributed by atoms with Crippen LogP contribution in [0.2, 0.25) is 0 Å². The molecule has 5 heteroatoms. The normalized spacial score (nSPS) is 25.2. The van der Waals surface area contributed by atoms with Crippen molar-refractivity contribution in [2.75, 3.05) is 7.11 Å². The Kier molecular flexibility index (Phi) is 3.96. The highest BCUT2D eigenvalue weighted by atomic mass is 16.5. The van der Waals surface area contributed by atoms with E-state index in [-0.39, 0.29) is 23.5 Å². The number of amides is 2. The molecular weight excluding hydrogens is 282 g/mol. The van der Waals surface area contributed by atoms with Gasteiger partial charge in [0.2, 0.25) is 11.8 Å². The molecule has 0 saturated carbocycles. The number of rotatable bonds is 2. The monoisotopic (exact) mass is 301 g/mol. The maximum absolute atomic E-state index is 12.9. The van der Waals surface area contributed by atoms with Crippen LogP contribution in [0.25, 0.3) is 0 Å². The molecule has 1 aromatic rings. The molecule has 1 aliphatic carbocycles. The van der Waals surface area contributed by atoms with Crippen molar-refractivity contribution >= 4 is 17.6 Å². The van der Waals surface area contributed by atoms with Crippen LogP contribution in [0.5, 0.6) is 5.75 Å². The molecule has 2 unspecified atom stereocenters. The largest absolute Gasteiger partial charge is 0.497 e. The van der Waals surface area contributed by atoms with Gasteiger partial charge in [0.15, 0.2) is 5.78 Å². The van der Waals surface area contributed by atoms with E-state index in [1.807, 2.05) is 6.07 Å². The van der Waals surface area contributed by atoms with Gasteiger partial charge in [0.05, 0.1) is 7.11 Å². The standard InChI is InChI=1S/C17H19NO4/c1-22-11-5-6-12-10(9-11)3-2-4-13(16(12)20)14-7-8-15(19)18-17(14)21/h5-6,9,13-14H,2-4,7-8H2,1H3,(H,18,19,21). The third kappa shape index (κ3) is 2.63. The fourth-order valence-electron chi connectivity index (χ4n) is 3.47. The van der Waals surface area contributed by atoms with E-state index in [0.717, 1.165) is 24.2 Å². The van der Waals surface area contributed by atoms with Crippen molar-refractivity contribution in [3.63, 3.8) is 0 Å².